The Morgan fingerprint density at radius 1 is 1.05 bits per heavy atom. The van der Waals surface area contributed by atoms with Crippen LogP contribution in [0, 0.1) is 0 Å². The monoisotopic (exact) mass is 277 g/mol. The molecule has 20 heavy (non-hydrogen) atoms. The Morgan fingerprint density at radius 3 is 2.60 bits per heavy atom. The van der Waals surface area contributed by atoms with Crippen LogP contribution in [-0.2, 0) is 13.0 Å². The Labute approximate surface area is 124 Å². The summed E-state index contributed by atoms with van der Waals surface area (Å²) in [4.78, 5) is 0. The summed E-state index contributed by atoms with van der Waals surface area (Å²) < 4.78 is 2.01. The first-order valence-electron chi connectivity index (χ1n) is 8.36. The van der Waals surface area contributed by atoms with E-state index in [1.54, 1.807) is 0 Å². The Kier molecular flexibility index (Phi) is 9.89. The fraction of sp³-hybridized carbons (Fsp3) is 0.765. The summed E-state index contributed by atoms with van der Waals surface area (Å²) >= 11 is 0. The van der Waals surface area contributed by atoms with E-state index in [9.17, 15) is 0 Å². The molecule has 0 spiro atoms. The highest BCUT2D eigenvalue weighted by molar-refractivity contribution is 4.92. The van der Waals surface area contributed by atoms with Crippen LogP contribution in [0.1, 0.15) is 76.8 Å². The molecule has 0 aliphatic heterocycles. The molecule has 0 bridgehead atoms. The van der Waals surface area contributed by atoms with Crippen molar-refractivity contribution in [1.29, 1.82) is 0 Å². The highest BCUT2D eigenvalue weighted by Crippen LogP contribution is 2.08. The van der Waals surface area contributed by atoms with Gasteiger partial charge in [-0.2, -0.15) is 0 Å². The number of rotatable bonds is 13. The van der Waals surface area contributed by atoms with E-state index in [1.165, 1.54) is 57.8 Å². The molecule has 3 nitrogen and oxygen atoms in total. The van der Waals surface area contributed by atoms with Gasteiger partial charge < -0.3 is 0 Å². The van der Waals surface area contributed by atoms with Gasteiger partial charge in [-0.25, -0.2) is 0 Å². The summed E-state index contributed by atoms with van der Waals surface area (Å²) in [5, 5.41) is 8.47. The molecule has 1 aromatic heterocycles. The molecule has 1 aromatic rings. The first-order chi connectivity index (χ1) is 9.86. The van der Waals surface area contributed by atoms with Crippen molar-refractivity contribution in [3.8, 4) is 0 Å². The van der Waals surface area contributed by atoms with Crippen molar-refractivity contribution in [2.45, 2.75) is 84.1 Å². The molecule has 0 saturated carbocycles. The molecule has 0 saturated heterocycles. The first kappa shape index (κ1) is 16.9. The Balaban J connectivity index is 2.05. The SMILES string of the molecule is C=CCCCCCc1cn(CCCCCCCC)nn1. The normalized spacial score (nSPS) is 10.8. The van der Waals surface area contributed by atoms with Crippen LogP contribution >= 0.6 is 0 Å². The van der Waals surface area contributed by atoms with E-state index >= 15 is 0 Å². The summed E-state index contributed by atoms with van der Waals surface area (Å²) in [5.41, 5.74) is 1.15. The summed E-state index contributed by atoms with van der Waals surface area (Å²) in [7, 11) is 0. The lowest BCUT2D eigenvalue weighted by molar-refractivity contribution is 0.516. The number of aryl methyl sites for hydroxylation is 2. The smallest absolute Gasteiger partial charge is 0.0827 e. The van der Waals surface area contributed by atoms with Crippen molar-refractivity contribution < 1.29 is 0 Å². The van der Waals surface area contributed by atoms with Crippen molar-refractivity contribution >= 4 is 0 Å². The molecule has 0 aliphatic rings. The van der Waals surface area contributed by atoms with Gasteiger partial charge in [-0.3, -0.25) is 4.68 Å². The topological polar surface area (TPSA) is 30.7 Å². The third kappa shape index (κ3) is 8.13. The van der Waals surface area contributed by atoms with Gasteiger partial charge in [0.15, 0.2) is 0 Å². The van der Waals surface area contributed by atoms with Gasteiger partial charge in [-0.15, -0.1) is 11.7 Å². The van der Waals surface area contributed by atoms with Crippen LogP contribution in [0.2, 0.25) is 0 Å². The summed E-state index contributed by atoms with van der Waals surface area (Å²) in [6, 6.07) is 0. The molecular weight excluding hydrogens is 246 g/mol. The van der Waals surface area contributed by atoms with Crippen LogP contribution in [0.5, 0.6) is 0 Å². The molecule has 0 radical (unpaired) electrons. The third-order valence-corrected chi connectivity index (χ3v) is 3.67. The van der Waals surface area contributed by atoms with Gasteiger partial charge in [0.1, 0.15) is 0 Å². The number of nitrogens with zero attached hydrogens (tertiary/aromatic N) is 3. The van der Waals surface area contributed by atoms with Crippen LogP contribution < -0.4 is 0 Å². The fourth-order valence-electron chi connectivity index (χ4n) is 2.39. The van der Waals surface area contributed by atoms with Crippen molar-refractivity contribution in [3.63, 3.8) is 0 Å². The lowest BCUT2D eigenvalue weighted by atomic mass is 10.1. The maximum absolute atomic E-state index is 4.26. The molecule has 0 unspecified atom stereocenters. The average molecular weight is 277 g/mol. The molecule has 0 atom stereocenters. The zero-order chi connectivity index (χ0) is 14.5. The minimum atomic E-state index is 1.02. The highest BCUT2D eigenvalue weighted by Gasteiger charge is 2.00. The minimum Gasteiger partial charge on any atom is -0.252 e. The second-order valence-electron chi connectivity index (χ2n) is 5.63. The summed E-state index contributed by atoms with van der Waals surface area (Å²) in [6.07, 6.45) is 18.0. The molecule has 3 heteroatoms. The van der Waals surface area contributed by atoms with Crippen LogP contribution in [0.25, 0.3) is 0 Å². The van der Waals surface area contributed by atoms with Gasteiger partial charge in [0.05, 0.1) is 5.69 Å². The number of hydrogen-bond acceptors (Lipinski definition) is 2. The van der Waals surface area contributed by atoms with Gasteiger partial charge in [0.25, 0.3) is 0 Å². The van der Waals surface area contributed by atoms with E-state index in [2.05, 4.69) is 30.0 Å². The van der Waals surface area contributed by atoms with Crippen molar-refractivity contribution in [3.05, 3.63) is 24.5 Å². The third-order valence-electron chi connectivity index (χ3n) is 3.67. The summed E-state index contributed by atoms with van der Waals surface area (Å²) in [5.74, 6) is 0. The van der Waals surface area contributed by atoms with Gasteiger partial charge in [-0.05, 0) is 32.1 Å². The molecule has 0 fully saturated rings. The number of allylic oxidation sites excluding steroid dienone is 1. The fourth-order valence-corrected chi connectivity index (χ4v) is 2.39. The van der Waals surface area contributed by atoms with E-state index in [0.717, 1.165) is 25.1 Å². The Morgan fingerprint density at radius 2 is 1.80 bits per heavy atom. The van der Waals surface area contributed by atoms with E-state index < -0.39 is 0 Å². The lowest BCUT2D eigenvalue weighted by Gasteiger charge is -2.00. The van der Waals surface area contributed by atoms with E-state index in [4.69, 9.17) is 0 Å². The number of hydrogen-bond donors (Lipinski definition) is 0. The largest absolute Gasteiger partial charge is 0.252 e. The molecule has 0 aliphatic carbocycles. The van der Waals surface area contributed by atoms with Crippen molar-refractivity contribution in [2.75, 3.05) is 0 Å². The van der Waals surface area contributed by atoms with Gasteiger partial charge >= 0.3 is 0 Å². The van der Waals surface area contributed by atoms with Crippen LogP contribution in [0.4, 0.5) is 0 Å². The predicted molar refractivity (Wildman–Crippen MR) is 85.8 cm³/mol. The molecule has 0 amide bonds. The standard InChI is InChI=1S/C17H31N3/c1-3-5-7-9-11-13-15-20-16-17(18-19-20)14-12-10-8-6-4-2/h4,16H,2-3,5-15H2,1H3. The summed E-state index contributed by atoms with van der Waals surface area (Å²) in [6.45, 7) is 7.03. The molecule has 0 N–H and O–H groups in total. The van der Waals surface area contributed by atoms with E-state index in [0.29, 0.717) is 0 Å². The second-order valence-corrected chi connectivity index (χ2v) is 5.63. The maximum Gasteiger partial charge on any atom is 0.0827 e. The Bertz CT molecular complexity index is 344. The maximum atomic E-state index is 4.26. The molecule has 0 aromatic carbocycles. The Hall–Kier alpha value is -1.12. The average Bonchev–Trinajstić information content (AvgIpc) is 2.90. The van der Waals surface area contributed by atoms with Gasteiger partial charge in [0.2, 0.25) is 0 Å². The van der Waals surface area contributed by atoms with Crippen LogP contribution in [-0.4, -0.2) is 15.0 Å². The van der Waals surface area contributed by atoms with E-state index in [1.807, 2.05) is 10.8 Å². The van der Waals surface area contributed by atoms with Crippen molar-refractivity contribution in [2.24, 2.45) is 0 Å². The molecular formula is C17H31N3. The molecule has 1 rings (SSSR count). The molecule has 1 heterocycles. The first-order valence-corrected chi connectivity index (χ1v) is 8.36. The quantitative estimate of drug-likeness (QED) is 0.378. The second kappa shape index (κ2) is 11.7. The zero-order valence-electron chi connectivity index (χ0n) is 13.2. The highest BCUT2D eigenvalue weighted by atomic mass is 15.4. The van der Waals surface area contributed by atoms with Crippen LogP contribution in [0.15, 0.2) is 18.9 Å². The lowest BCUT2D eigenvalue weighted by Crippen LogP contribution is -1.98. The number of unbranched alkanes of at least 4 members (excludes halogenated alkanes) is 8. The van der Waals surface area contributed by atoms with Crippen molar-refractivity contribution in [1.82, 2.24) is 15.0 Å². The van der Waals surface area contributed by atoms with Gasteiger partial charge in [0, 0.05) is 12.7 Å². The minimum absolute atomic E-state index is 1.02. The predicted octanol–water partition coefficient (Wildman–Crippen LogP) is 4.93. The zero-order valence-corrected chi connectivity index (χ0v) is 13.2. The van der Waals surface area contributed by atoms with E-state index in [-0.39, 0.29) is 0 Å². The number of aromatic nitrogens is 3. The van der Waals surface area contributed by atoms with Crippen LogP contribution in [0.3, 0.4) is 0 Å². The van der Waals surface area contributed by atoms with Gasteiger partial charge in [-0.1, -0.05) is 56.7 Å². The molecule has 114 valence electrons.